The number of rotatable bonds is 4. The van der Waals surface area contributed by atoms with Crippen LogP contribution >= 0.6 is 0 Å². The van der Waals surface area contributed by atoms with Crippen molar-refractivity contribution < 1.29 is 9.59 Å². The molecule has 2 N–H and O–H groups in total. The minimum absolute atomic E-state index is 0.0825. The minimum atomic E-state index is -0.246. The number of nitrogens with zero attached hydrogens (tertiary/aromatic N) is 1. The second-order valence-electron chi connectivity index (χ2n) is 8.57. The fourth-order valence-electron chi connectivity index (χ4n) is 3.36. The van der Waals surface area contributed by atoms with Crippen molar-refractivity contribution in [3.05, 3.63) is 59.7 Å². The van der Waals surface area contributed by atoms with E-state index in [2.05, 4.69) is 31.4 Å². The average molecular weight is 380 g/mol. The molecule has 5 heteroatoms. The van der Waals surface area contributed by atoms with Gasteiger partial charge in [-0.2, -0.15) is 0 Å². The van der Waals surface area contributed by atoms with Gasteiger partial charge in [-0.25, -0.2) is 4.79 Å². The topological polar surface area (TPSA) is 61.4 Å². The molecular weight excluding hydrogens is 350 g/mol. The summed E-state index contributed by atoms with van der Waals surface area (Å²) in [7, 11) is 0. The summed E-state index contributed by atoms with van der Waals surface area (Å²) in [6.45, 7) is 9.60. The molecule has 0 aliphatic carbocycles. The van der Waals surface area contributed by atoms with Gasteiger partial charge < -0.3 is 15.5 Å². The average Bonchev–Trinajstić information content (AvgIpc) is 3.01. The Morgan fingerprint density at radius 2 is 1.71 bits per heavy atom. The molecule has 1 aliphatic rings. The number of benzene rings is 2. The van der Waals surface area contributed by atoms with E-state index in [1.807, 2.05) is 55.5 Å². The summed E-state index contributed by atoms with van der Waals surface area (Å²) < 4.78 is 0. The smallest absolute Gasteiger partial charge is 0.319 e. The lowest BCUT2D eigenvalue weighted by Gasteiger charge is -2.19. The van der Waals surface area contributed by atoms with Crippen LogP contribution in [-0.4, -0.2) is 25.0 Å². The van der Waals surface area contributed by atoms with Crippen molar-refractivity contribution in [3.63, 3.8) is 0 Å². The molecule has 2 aromatic carbocycles. The third-order valence-electron chi connectivity index (χ3n) is 5.11. The Kier molecular flexibility index (Phi) is 5.73. The summed E-state index contributed by atoms with van der Waals surface area (Å²) in [4.78, 5) is 26.3. The van der Waals surface area contributed by atoms with Crippen LogP contribution in [0.15, 0.2) is 48.5 Å². The molecule has 1 heterocycles. The number of carbonyl (C=O) groups is 2. The lowest BCUT2D eigenvalue weighted by Crippen LogP contribution is -2.34. The van der Waals surface area contributed by atoms with Crippen molar-refractivity contribution >= 4 is 23.3 Å². The first-order chi connectivity index (χ1) is 13.2. The quantitative estimate of drug-likeness (QED) is 0.823. The van der Waals surface area contributed by atoms with Crippen LogP contribution in [0.3, 0.4) is 0 Å². The van der Waals surface area contributed by atoms with E-state index < -0.39 is 0 Å². The van der Waals surface area contributed by atoms with Gasteiger partial charge in [-0.3, -0.25) is 4.79 Å². The van der Waals surface area contributed by atoms with E-state index in [-0.39, 0.29) is 23.3 Å². The number of hydrogen-bond donors (Lipinski definition) is 2. The van der Waals surface area contributed by atoms with Gasteiger partial charge in [0.1, 0.15) is 0 Å². The first-order valence-electron chi connectivity index (χ1n) is 9.75. The number of hydrogen-bond acceptors (Lipinski definition) is 2. The van der Waals surface area contributed by atoms with Crippen LogP contribution < -0.4 is 15.5 Å². The molecule has 1 saturated heterocycles. The van der Waals surface area contributed by atoms with E-state index in [1.165, 1.54) is 11.1 Å². The molecule has 148 valence electrons. The third-order valence-corrected chi connectivity index (χ3v) is 5.11. The van der Waals surface area contributed by atoms with E-state index in [4.69, 9.17) is 0 Å². The number of carbonyl (C=O) groups excluding carboxylic acids is 2. The van der Waals surface area contributed by atoms with Crippen molar-refractivity contribution in [1.82, 2.24) is 5.32 Å². The number of aryl methyl sites for hydroxylation is 1. The predicted molar refractivity (Wildman–Crippen MR) is 114 cm³/mol. The third kappa shape index (κ3) is 4.91. The van der Waals surface area contributed by atoms with Gasteiger partial charge in [0.2, 0.25) is 5.91 Å². The van der Waals surface area contributed by atoms with E-state index in [1.54, 1.807) is 4.90 Å². The summed E-state index contributed by atoms with van der Waals surface area (Å²) >= 11 is 0. The molecule has 0 aromatic heterocycles. The van der Waals surface area contributed by atoms with Crippen LogP contribution in [0, 0.1) is 12.8 Å². The van der Waals surface area contributed by atoms with Gasteiger partial charge in [0, 0.05) is 36.8 Å². The summed E-state index contributed by atoms with van der Waals surface area (Å²) in [5, 5.41) is 5.75. The molecule has 5 nitrogen and oxygen atoms in total. The summed E-state index contributed by atoms with van der Waals surface area (Å²) in [6.07, 6.45) is 0.453. The highest BCUT2D eigenvalue weighted by Crippen LogP contribution is 2.25. The second-order valence-corrected chi connectivity index (χ2v) is 8.57. The fraction of sp³-hybridized carbons (Fsp3) is 0.391. The molecule has 1 fully saturated rings. The summed E-state index contributed by atoms with van der Waals surface area (Å²) in [5.74, 6) is 0.219. The molecule has 3 rings (SSSR count). The molecule has 0 spiro atoms. The Hall–Kier alpha value is -2.82. The maximum absolute atomic E-state index is 12.3. The Balaban J connectivity index is 1.50. The summed E-state index contributed by atoms with van der Waals surface area (Å²) in [5.41, 5.74) is 4.15. The molecular formula is C23H29N3O2. The van der Waals surface area contributed by atoms with Crippen molar-refractivity contribution in [2.45, 2.75) is 39.5 Å². The normalized spacial score (nSPS) is 16.9. The van der Waals surface area contributed by atoms with Gasteiger partial charge in [0.05, 0.1) is 0 Å². The molecule has 0 radical (unpaired) electrons. The largest absolute Gasteiger partial charge is 0.338 e. The maximum Gasteiger partial charge on any atom is 0.319 e. The molecule has 0 unspecified atom stereocenters. The SMILES string of the molecule is Cc1ccc(N2C[C@@H](CNC(=O)Nc3ccc(C(C)(C)C)cc3)CC2=O)cc1. The van der Waals surface area contributed by atoms with Crippen molar-refractivity contribution in [1.29, 1.82) is 0 Å². The lowest BCUT2D eigenvalue weighted by atomic mass is 9.87. The van der Waals surface area contributed by atoms with Gasteiger partial charge in [-0.1, -0.05) is 50.6 Å². The highest BCUT2D eigenvalue weighted by Gasteiger charge is 2.30. The van der Waals surface area contributed by atoms with Crippen molar-refractivity contribution in [3.8, 4) is 0 Å². The monoisotopic (exact) mass is 379 g/mol. The first-order valence-corrected chi connectivity index (χ1v) is 9.75. The minimum Gasteiger partial charge on any atom is -0.338 e. The highest BCUT2D eigenvalue weighted by atomic mass is 16.2. The van der Waals surface area contributed by atoms with Crippen molar-refractivity contribution in [2.24, 2.45) is 5.92 Å². The molecule has 3 amide bonds. The zero-order chi connectivity index (χ0) is 20.3. The van der Waals surface area contributed by atoms with Crippen LogP contribution in [0.1, 0.15) is 38.3 Å². The predicted octanol–water partition coefficient (Wildman–Crippen LogP) is 4.47. The number of anilines is 2. The lowest BCUT2D eigenvalue weighted by molar-refractivity contribution is -0.117. The van der Waals surface area contributed by atoms with Crippen LogP contribution in [-0.2, 0) is 10.2 Å². The van der Waals surface area contributed by atoms with Crippen LogP contribution in [0.4, 0.5) is 16.2 Å². The second kappa shape index (κ2) is 8.05. The van der Waals surface area contributed by atoms with E-state index in [0.29, 0.717) is 19.5 Å². The molecule has 28 heavy (non-hydrogen) atoms. The number of amides is 3. The van der Waals surface area contributed by atoms with Crippen LogP contribution in [0.2, 0.25) is 0 Å². The van der Waals surface area contributed by atoms with E-state index in [9.17, 15) is 9.59 Å². The Morgan fingerprint density at radius 1 is 1.07 bits per heavy atom. The van der Waals surface area contributed by atoms with E-state index in [0.717, 1.165) is 11.4 Å². The molecule has 0 saturated carbocycles. The molecule has 0 bridgehead atoms. The van der Waals surface area contributed by atoms with Crippen molar-refractivity contribution in [2.75, 3.05) is 23.3 Å². The first kappa shape index (κ1) is 19.9. The van der Waals surface area contributed by atoms with Gasteiger partial charge >= 0.3 is 6.03 Å². The number of urea groups is 1. The van der Waals surface area contributed by atoms with Crippen LogP contribution in [0.5, 0.6) is 0 Å². The maximum atomic E-state index is 12.3. The van der Waals surface area contributed by atoms with Gasteiger partial charge in [-0.05, 0) is 42.2 Å². The Bertz CT molecular complexity index is 836. The Morgan fingerprint density at radius 3 is 2.32 bits per heavy atom. The molecule has 1 aliphatic heterocycles. The van der Waals surface area contributed by atoms with Crippen LogP contribution in [0.25, 0.3) is 0 Å². The summed E-state index contributed by atoms with van der Waals surface area (Å²) in [6, 6.07) is 15.6. The van der Waals surface area contributed by atoms with E-state index >= 15 is 0 Å². The molecule has 2 aromatic rings. The zero-order valence-electron chi connectivity index (χ0n) is 17.1. The fourth-order valence-corrected chi connectivity index (χ4v) is 3.36. The standard InChI is InChI=1S/C23H29N3O2/c1-16-5-11-20(12-6-16)26-15-17(13-21(26)27)14-24-22(28)25-19-9-7-18(8-10-19)23(2,3)4/h5-12,17H,13-15H2,1-4H3,(H2,24,25,28)/t17-/m1/s1. The Labute approximate surface area is 167 Å². The number of nitrogens with one attached hydrogen (secondary N) is 2. The zero-order valence-corrected chi connectivity index (χ0v) is 17.1. The van der Waals surface area contributed by atoms with Gasteiger partial charge in [0.15, 0.2) is 0 Å². The highest BCUT2D eigenvalue weighted by molar-refractivity contribution is 5.96. The van der Waals surface area contributed by atoms with Gasteiger partial charge in [-0.15, -0.1) is 0 Å². The van der Waals surface area contributed by atoms with Gasteiger partial charge in [0.25, 0.3) is 0 Å². The molecule has 1 atom stereocenters.